The van der Waals surface area contributed by atoms with Gasteiger partial charge in [0, 0.05) is 17.3 Å². The zero-order valence-electron chi connectivity index (χ0n) is 18.1. The van der Waals surface area contributed by atoms with Crippen LogP contribution in [0, 0.1) is 5.92 Å². The topological polar surface area (TPSA) is 93.7 Å². The molecule has 1 saturated carbocycles. The second kappa shape index (κ2) is 9.99. The first-order chi connectivity index (χ1) is 16.0. The summed E-state index contributed by atoms with van der Waals surface area (Å²) in [7, 11) is 0. The number of esters is 1. The van der Waals surface area contributed by atoms with Crippen LogP contribution in [0.4, 0.5) is 11.4 Å². The number of carbonyl (C=O) groups excluding carboxylic acids is 3. The fraction of sp³-hybridized carbons (Fsp3) is 0.192. The van der Waals surface area contributed by atoms with Crippen molar-refractivity contribution in [3.63, 3.8) is 0 Å². The quantitative estimate of drug-likeness (QED) is 0.476. The van der Waals surface area contributed by atoms with Gasteiger partial charge in [-0.2, -0.15) is 0 Å². The minimum absolute atomic E-state index is 0.00437. The Morgan fingerprint density at radius 2 is 1.36 bits per heavy atom. The van der Waals surface area contributed by atoms with Crippen LogP contribution in [0.1, 0.15) is 30.1 Å². The minimum Gasteiger partial charge on any atom is -0.457 e. The van der Waals surface area contributed by atoms with Gasteiger partial charge in [0.15, 0.2) is 6.10 Å². The smallest absolute Gasteiger partial charge is 0.338 e. The lowest BCUT2D eigenvalue weighted by molar-refractivity contribution is -0.123. The number of rotatable bonds is 8. The fourth-order valence-corrected chi connectivity index (χ4v) is 3.04. The second-order valence-electron chi connectivity index (χ2n) is 7.82. The molecule has 33 heavy (non-hydrogen) atoms. The molecule has 0 heterocycles. The highest BCUT2D eigenvalue weighted by Gasteiger charge is 2.29. The van der Waals surface area contributed by atoms with Crippen molar-refractivity contribution in [2.24, 2.45) is 5.92 Å². The largest absolute Gasteiger partial charge is 0.457 e. The van der Waals surface area contributed by atoms with Crippen molar-refractivity contribution in [1.29, 1.82) is 0 Å². The molecule has 1 aliphatic carbocycles. The highest BCUT2D eigenvalue weighted by atomic mass is 16.5. The normalized spacial score (nSPS) is 13.5. The molecule has 0 aliphatic heterocycles. The summed E-state index contributed by atoms with van der Waals surface area (Å²) < 4.78 is 11.0. The standard InChI is InChI=1S/C26H24N2O5/c1-17(32-26(31)19-9-11-20(12-10-19)28-25(30)18-7-8-18)24(29)27-21-13-15-23(16-14-21)33-22-5-3-2-4-6-22/h2-6,9-18H,7-8H2,1H3,(H,27,29)(H,28,30). The maximum atomic E-state index is 12.4. The van der Waals surface area contributed by atoms with Gasteiger partial charge in [0.25, 0.3) is 5.91 Å². The van der Waals surface area contributed by atoms with E-state index < -0.39 is 18.0 Å². The number of nitrogens with one attached hydrogen (secondary N) is 2. The summed E-state index contributed by atoms with van der Waals surface area (Å²) >= 11 is 0. The van der Waals surface area contributed by atoms with Crippen LogP contribution in [-0.4, -0.2) is 23.9 Å². The highest BCUT2D eigenvalue weighted by molar-refractivity contribution is 5.98. The van der Waals surface area contributed by atoms with Crippen molar-refractivity contribution in [1.82, 2.24) is 0 Å². The number of carbonyl (C=O) groups is 3. The van der Waals surface area contributed by atoms with E-state index in [1.807, 2.05) is 30.3 Å². The molecule has 1 unspecified atom stereocenters. The molecular weight excluding hydrogens is 420 g/mol. The lowest BCUT2D eigenvalue weighted by Crippen LogP contribution is -2.30. The number of benzene rings is 3. The van der Waals surface area contributed by atoms with Crippen molar-refractivity contribution in [3.05, 3.63) is 84.4 Å². The number of amides is 2. The van der Waals surface area contributed by atoms with Crippen molar-refractivity contribution in [2.75, 3.05) is 10.6 Å². The van der Waals surface area contributed by atoms with Gasteiger partial charge in [-0.3, -0.25) is 9.59 Å². The average molecular weight is 444 g/mol. The third-order valence-electron chi connectivity index (χ3n) is 5.09. The van der Waals surface area contributed by atoms with E-state index in [1.54, 1.807) is 48.5 Å². The molecule has 2 N–H and O–H groups in total. The summed E-state index contributed by atoms with van der Waals surface area (Å²) in [5.74, 6) is 0.373. The SMILES string of the molecule is CC(OC(=O)c1ccc(NC(=O)C2CC2)cc1)C(=O)Nc1ccc(Oc2ccccc2)cc1. The first kappa shape index (κ1) is 22.1. The molecule has 0 aromatic heterocycles. The molecule has 3 aromatic carbocycles. The van der Waals surface area contributed by atoms with E-state index >= 15 is 0 Å². The van der Waals surface area contributed by atoms with E-state index in [0.29, 0.717) is 28.4 Å². The van der Waals surface area contributed by atoms with Crippen molar-refractivity contribution < 1.29 is 23.9 Å². The van der Waals surface area contributed by atoms with Crippen LogP contribution in [0.2, 0.25) is 0 Å². The highest BCUT2D eigenvalue weighted by Crippen LogP contribution is 2.30. The number of hydrogen-bond donors (Lipinski definition) is 2. The Morgan fingerprint density at radius 1 is 0.788 bits per heavy atom. The first-order valence-electron chi connectivity index (χ1n) is 10.7. The van der Waals surface area contributed by atoms with E-state index in [0.717, 1.165) is 12.8 Å². The fourth-order valence-electron chi connectivity index (χ4n) is 3.04. The van der Waals surface area contributed by atoms with E-state index in [9.17, 15) is 14.4 Å². The van der Waals surface area contributed by atoms with Crippen LogP contribution >= 0.6 is 0 Å². The molecule has 0 spiro atoms. The monoisotopic (exact) mass is 444 g/mol. The molecule has 1 aliphatic rings. The van der Waals surface area contributed by atoms with E-state index in [4.69, 9.17) is 9.47 Å². The Hall–Kier alpha value is -4.13. The van der Waals surface area contributed by atoms with Gasteiger partial charge in [0.05, 0.1) is 5.56 Å². The molecule has 1 atom stereocenters. The summed E-state index contributed by atoms with van der Waals surface area (Å²) in [6.45, 7) is 1.50. The zero-order valence-corrected chi connectivity index (χ0v) is 18.1. The third-order valence-corrected chi connectivity index (χ3v) is 5.09. The van der Waals surface area contributed by atoms with Crippen LogP contribution in [0.25, 0.3) is 0 Å². The van der Waals surface area contributed by atoms with Crippen molar-refractivity contribution >= 4 is 29.2 Å². The predicted octanol–water partition coefficient (Wildman–Crippen LogP) is 5.01. The van der Waals surface area contributed by atoms with Crippen LogP contribution in [0.5, 0.6) is 11.5 Å². The van der Waals surface area contributed by atoms with Crippen molar-refractivity contribution in [3.8, 4) is 11.5 Å². The van der Waals surface area contributed by atoms with Gasteiger partial charge in [-0.15, -0.1) is 0 Å². The van der Waals surface area contributed by atoms with Gasteiger partial charge < -0.3 is 20.1 Å². The van der Waals surface area contributed by atoms with Crippen LogP contribution < -0.4 is 15.4 Å². The Labute approximate surface area is 191 Å². The van der Waals surface area contributed by atoms with Crippen LogP contribution in [-0.2, 0) is 14.3 Å². The van der Waals surface area contributed by atoms with Gasteiger partial charge in [-0.1, -0.05) is 18.2 Å². The molecule has 0 bridgehead atoms. The van der Waals surface area contributed by atoms with E-state index in [2.05, 4.69) is 10.6 Å². The summed E-state index contributed by atoms with van der Waals surface area (Å²) in [5, 5.41) is 5.53. The lowest BCUT2D eigenvalue weighted by Gasteiger charge is -2.14. The number of para-hydroxylation sites is 1. The predicted molar refractivity (Wildman–Crippen MR) is 124 cm³/mol. The average Bonchev–Trinajstić information content (AvgIpc) is 3.67. The van der Waals surface area contributed by atoms with Gasteiger partial charge in [-0.25, -0.2) is 4.79 Å². The Kier molecular flexibility index (Phi) is 6.69. The number of ether oxygens (including phenoxy) is 2. The molecule has 1 fully saturated rings. The Morgan fingerprint density at radius 3 is 2.00 bits per heavy atom. The number of hydrogen-bond acceptors (Lipinski definition) is 5. The summed E-state index contributed by atoms with van der Waals surface area (Å²) in [5.41, 5.74) is 1.47. The molecule has 0 saturated heterocycles. The van der Waals surface area contributed by atoms with Gasteiger partial charge >= 0.3 is 5.97 Å². The molecule has 4 rings (SSSR count). The lowest BCUT2D eigenvalue weighted by atomic mass is 10.2. The molecule has 7 nitrogen and oxygen atoms in total. The third kappa shape index (κ3) is 6.20. The van der Waals surface area contributed by atoms with Gasteiger partial charge in [0.1, 0.15) is 11.5 Å². The van der Waals surface area contributed by atoms with Crippen molar-refractivity contribution in [2.45, 2.75) is 25.9 Å². The second-order valence-corrected chi connectivity index (χ2v) is 7.82. The molecule has 0 radical (unpaired) electrons. The molecule has 3 aromatic rings. The van der Waals surface area contributed by atoms with Gasteiger partial charge in [-0.05, 0) is 80.4 Å². The zero-order chi connectivity index (χ0) is 23.2. The molecule has 7 heteroatoms. The molecular formula is C26H24N2O5. The Bertz CT molecular complexity index is 1120. The maximum Gasteiger partial charge on any atom is 0.338 e. The van der Waals surface area contributed by atoms with Crippen LogP contribution in [0.3, 0.4) is 0 Å². The number of anilines is 2. The summed E-state index contributed by atoms with van der Waals surface area (Å²) in [6, 6.07) is 22.7. The van der Waals surface area contributed by atoms with Crippen LogP contribution in [0.15, 0.2) is 78.9 Å². The summed E-state index contributed by atoms with van der Waals surface area (Å²) in [4.78, 5) is 36.6. The van der Waals surface area contributed by atoms with E-state index in [1.165, 1.54) is 6.92 Å². The minimum atomic E-state index is -0.994. The maximum absolute atomic E-state index is 12.4. The molecule has 2 amide bonds. The summed E-state index contributed by atoms with van der Waals surface area (Å²) in [6.07, 6.45) is 0.843. The van der Waals surface area contributed by atoms with E-state index in [-0.39, 0.29) is 11.8 Å². The first-order valence-corrected chi connectivity index (χ1v) is 10.7. The molecule has 168 valence electrons. The van der Waals surface area contributed by atoms with Gasteiger partial charge in [0.2, 0.25) is 5.91 Å². The Balaban J connectivity index is 1.27.